The third-order valence-electron chi connectivity index (χ3n) is 3.15. The van der Waals surface area contributed by atoms with Crippen molar-refractivity contribution in [3.8, 4) is 5.75 Å². The van der Waals surface area contributed by atoms with Crippen LogP contribution in [0.3, 0.4) is 0 Å². The van der Waals surface area contributed by atoms with Gasteiger partial charge in [-0.05, 0) is 32.1 Å². The Balaban J connectivity index is 2.02. The first kappa shape index (κ1) is 17.6. The van der Waals surface area contributed by atoms with Gasteiger partial charge in [-0.25, -0.2) is 0 Å². The Morgan fingerprint density at radius 1 is 1.43 bits per heavy atom. The molecule has 0 saturated heterocycles. The van der Waals surface area contributed by atoms with Crippen molar-refractivity contribution < 1.29 is 18.3 Å². The molecule has 0 fully saturated rings. The number of hydrogen-bond donors (Lipinski definition) is 2. The zero-order valence-electron chi connectivity index (χ0n) is 12.6. The Morgan fingerprint density at radius 3 is 2.78 bits per heavy atom. The van der Waals surface area contributed by atoms with E-state index in [0.717, 1.165) is 16.1 Å². The van der Waals surface area contributed by atoms with E-state index in [4.69, 9.17) is 12.2 Å². The summed E-state index contributed by atoms with van der Waals surface area (Å²) in [5, 5.41) is 2.72. The number of benzene rings is 1. The number of aryl methyl sites for hydroxylation is 2. The summed E-state index contributed by atoms with van der Waals surface area (Å²) < 4.78 is 29.9. The average Bonchev–Trinajstić information content (AvgIpc) is 2.76. The van der Waals surface area contributed by atoms with Crippen LogP contribution in [-0.2, 0) is 17.8 Å². The number of hydrogen-bond acceptors (Lipinski definition) is 4. The predicted molar refractivity (Wildman–Crippen MR) is 87.6 cm³/mol. The van der Waals surface area contributed by atoms with Crippen molar-refractivity contribution in [1.82, 2.24) is 10.3 Å². The summed E-state index contributed by atoms with van der Waals surface area (Å²) in [5.74, 6) is -0.137. The number of alkyl halides is 2. The number of ether oxygens (including phenoxy) is 1. The fourth-order valence-electron chi connectivity index (χ4n) is 2.06. The number of H-pyrrole nitrogens is 1. The first-order valence-corrected chi connectivity index (χ1v) is 8.07. The van der Waals surface area contributed by atoms with Crippen LogP contribution in [0.2, 0.25) is 0 Å². The number of carbonyl (C=O) groups is 1. The zero-order valence-corrected chi connectivity index (χ0v) is 14.2. The molecule has 0 aliphatic heterocycles. The van der Waals surface area contributed by atoms with Crippen LogP contribution in [0.4, 0.5) is 8.78 Å². The lowest BCUT2D eigenvalue weighted by molar-refractivity contribution is -0.120. The molecule has 4 nitrogen and oxygen atoms in total. The molecule has 1 aromatic carbocycles. The highest BCUT2D eigenvalue weighted by Gasteiger charge is 2.12. The van der Waals surface area contributed by atoms with Crippen molar-refractivity contribution in [1.29, 1.82) is 0 Å². The second-order valence-electron chi connectivity index (χ2n) is 5.01. The van der Waals surface area contributed by atoms with Crippen LogP contribution in [0.5, 0.6) is 5.75 Å². The van der Waals surface area contributed by atoms with Crippen LogP contribution >= 0.6 is 23.6 Å². The van der Waals surface area contributed by atoms with Gasteiger partial charge >= 0.3 is 6.61 Å². The lowest BCUT2D eigenvalue weighted by Crippen LogP contribution is -2.25. The molecule has 0 saturated carbocycles. The summed E-state index contributed by atoms with van der Waals surface area (Å²) in [6.45, 7) is 0.913. The molecule has 0 aliphatic carbocycles. The number of nitrogens with one attached hydrogen (secondary N) is 2. The van der Waals surface area contributed by atoms with E-state index >= 15 is 0 Å². The highest BCUT2D eigenvalue weighted by atomic mass is 32.1. The number of rotatable bonds is 6. The monoisotopic (exact) mass is 358 g/mol. The van der Waals surface area contributed by atoms with E-state index in [1.165, 1.54) is 17.4 Å². The van der Waals surface area contributed by atoms with Crippen LogP contribution in [0, 0.1) is 17.8 Å². The van der Waals surface area contributed by atoms with E-state index in [1.54, 1.807) is 12.1 Å². The molecule has 0 atom stereocenters. The SMILES string of the molecule is Cc1ccc(OC(F)F)c(CNC(=O)Cc2sc(=S)[nH]c2C)c1. The summed E-state index contributed by atoms with van der Waals surface area (Å²) in [6.07, 6.45) is 0.195. The second kappa shape index (κ2) is 7.65. The molecule has 8 heteroatoms. The molecule has 1 heterocycles. The largest absolute Gasteiger partial charge is 0.434 e. The van der Waals surface area contributed by atoms with Crippen LogP contribution in [-0.4, -0.2) is 17.5 Å². The minimum absolute atomic E-state index is 0.0689. The molecule has 2 rings (SSSR count). The van der Waals surface area contributed by atoms with Gasteiger partial charge in [0.15, 0.2) is 3.95 Å². The molecular formula is C15H16F2N2O2S2. The molecule has 23 heavy (non-hydrogen) atoms. The van der Waals surface area contributed by atoms with Gasteiger partial charge in [-0.15, -0.1) is 11.3 Å². The van der Waals surface area contributed by atoms with Crippen LogP contribution in [0.25, 0.3) is 0 Å². The lowest BCUT2D eigenvalue weighted by atomic mass is 10.1. The summed E-state index contributed by atoms with van der Waals surface area (Å²) in [4.78, 5) is 15.9. The number of halogens is 2. The molecule has 2 N–H and O–H groups in total. The summed E-state index contributed by atoms with van der Waals surface area (Å²) >= 11 is 6.38. The van der Waals surface area contributed by atoms with Crippen LogP contribution in [0.1, 0.15) is 21.7 Å². The van der Waals surface area contributed by atoms with Crippen LogP contribution < -0.4 is 10.1 Å². The van der Waals surface area contributed by atoms with Gasteiger partial charge in [0.25, 0.3) is 0 Å². The third-order valence-corrected chi connectivity index (χ3v) is 4.49. The van der Waals surface area contributed by atoms with Crippen molar-refractivity contribution in [3.63, 3.8) is 0 Å². The van der Waals surface area contributed by atoms with Crippen molar-refractivity contribution in [2.75, 3.05) is 0 Å². The molecule has 1 aromatic heterocycles. The maximum absolute atomic E-state index is 12.4. The average molecular weight is 358 g/mol. The Labute approximate surface area is 141 Å². The minimum atomic E-state index is -2.90. The van der Waals surface area contributed by atoms with Gasteiger partial charge in [0.05, 0.1) is 6.42 Å². The van der Waals surface area contributed by atoms with Gasteiger partial charge in [-0.3, -0.25) is 4.79 Å². The van der Waals surface area contributed by atoms with Gasteiger partial charge < -0.3 is 15.0 Å². The Hall–Kier alpha value is -1.80. The first-order chi connectivity index (χ1) is 10.8. The molecule has 2 aromatic rings. The molecule has 1 amide bonds. The molecular weight excluding hydrogens is 342 g/mol. The smallest absolute Gasteiger partial charge is 0.387 e. The number of carbonyl (C=O) groups excluding carboxylic acids is 1. The molecule has 0 radical (unpaired) electrons. The number of thiazole rings is 1. The number of aromatic nitrogens is 1. The van der Waals surface area contributed by atoms with E-state index < -0.39 is 6.61 Å². The predicted octanol–water partition coefficient (Wildman–Crippen LogP) is 3.88. The van der Waals surface area contributed by atoms with Crippen molar-refractivity contribution in [2.45, 2.75) is 33.4 Å². The summed E-state index contributed by atoms with van der Waals surface area (Å²) in [6, 6.07) is 4.87. The molecule has 0 bridgehead atoms. The highest BCUT2D eigenvalue weighted by molar-refractivity contribution is 7.73. The van der Waals surface area contributed by atoms with Crippen molar-refractivity contribution in [2.24, 2.45) is 0 Å². The van der Waals surface area contributed by atoms with E-state index in [-0.39, 0.29) is 24.6 Å². The van der Waals surface area contributed by atoms with Crippen molar-refractivity contribution in [3.05, 3.63) is 43.9 Å². The Bertz CT molecular complexity index is 756. The fourth-order valence-corrected chi connectivity index (χ4v) is 3.36. The number of aromatic amines is 1. The standard InChI is InChI=1S/C15H16F2N2O2S2/c1-8-3-4-11(21-14(16)17)10(5-8)7-18-13(20)6-12-9(2)19-15(22)23-12/h3-5,14H,6-7H2,1-2H3,(H,18,20)(H,19,22). The highest BCUT2D eigenvalue weighted by Crippen LogP contribution is 2.22. The molecule has 0 aliphatic rings. The Kier molecular flexibility index (Phi) is 5.84. The molecule has 0 spiro atoms. The van der Waals surface area contributed by atoms with Gasteiger partial charge in [-0.2, -0.15) is 8.78 Å². The molecule has 124 valence electrons. The minimum Gasteiger partial charge on any atom is -0.434 e. The van der Waals surface area contributed by atoms with Gasteiger partial charge in [-0.1, -0.05) is 17.7 Å². The van der Waals surface area contributed by atoms with Gasteiger partial charge in [0, 0.05) is 22.7 Å². The van der Waals surface area contributed by atoms with E-state index in [9.17, 15) is 13.6 Å². The molecule has 0 unspecified atom stereocenters. The number of amides is 1. The fraction of sp³-hybridized carbons (Fsp3) is 0.333. The maximum atomic E-state index is 12.4. The summed E-state index contributed by atoms with van der Waals surface area (Å²) in [7, 11) is 0. The normalized spacial score (nSPS) is 10.8. The van der Waals surface area contributed by atoms with Gasteiger partial charge in [0.1, 0.15) is 5.75 Å². The quantitative estimate of drug-likeness (QED) is 0.771. The summed E-state index contributed by atoms with van der Waals surface area (Å²) in [5.41, 5.74) is 2.28. The zero-order chi connectivity index (χ0) is 17.0. The third kappa shape index (κ3) is 5.11. The van der Waals surface area contributed by atoms with Crippen LogP contribution in [0.15, 0.2) is 18.2 Å². The van der Waals surface area contributed by atoms with Crippen molar-refractivity contribution >= 4 is 29.5 Å². The first-order valence-electron chi connectivity index (χ1n) is 6.85. The maximum Gasteiger partial charge on any atom is 0.387 e. The second-order valence-corrected chi connectivity index (χ2v) is 6.78. The van der Waals surface area contributed by atoms with Gasteiger partial charge in [0.2, 0.25) is 5.91 Å². The topological polar surface area (TPSA) is 54.1 Å². The Morgan fingerprint density at radius 2 is 2.17 bits per heavy atom. The lowest BCUT2D eigenvalue weighted by Gasteiger charge is -2.12. The van der Waals surface area contributed by atoms with E-state index in [1.807, 2.05) is 13.8 Å². The van der Waals surface area contributed by atoms with E-state index in [2.05, 4.69) is 15.0 Å². The van der Waals surface area contributed by atoms with E-state index in [0.29, 0.717) is 9.52 Å².